The van der Waals surface area contributed by atoms with Gasteiger partial charge in [-0.1, -0.05) is 0 Å². The van der Waals surface area contributed by atoms with Gasteiger partial charge in [-0.05, 0) is 51.4 Å². The number of hydrogen-bond donors (Lipinski definition) is 1. The van der Waals surface area contributed by atoms with Crippen LogP contribution in [0.25, 0.3) is 11.3 Å². The van der Waals surface area contributed by atoms with Crippen LogP contribution in [0.2, 0.25) is 0 Å². The fourth-order valence-corrected chi connectivity index (χ4v) is 5.14. The van der Waals surface area contributed by atoms with Crippen molar-refractivity contribution in [2.24, 2.45) is 0 Å². The number of nitrogens with two attached hydrogens (primary N) is 1. The van der Waals surface area contributed by atoms with E-state index in [2.05, 4.69) is 16.0 Å². The number of hydrogen-bond acceptors (Lipinski definition) is 6. The number of rotatable bonds is 6. The van der Waals surface area contributed by atoms with Crippen LogP contribution in [-0.4, -0.2) is 64.5 Å². The van der Waals surface area contributed by atoms with Crippen molar-refractivity contribution in [1.82, 2.24) is 19.7 Å². The van der Waals surface area contributed by atoms with Crippen LogP contribution in [0, 0.1) is 0 Å². The number of piperidine rings is 1. The molecular weight excluding hydrogens is 416 g/mol. The molecule has 4 heterocycles. The average Bonchev–Trinajstić information content (AvgIpc) is 3.32. The molecule has 7 nitrogen and oxygen atoms in total. The summed E-state index contributed by atoms with van der Waals surface area (Å²) in [5, 5.41) is 4.83. The van der Waals surface area contributed by atoms with E-state index in [1.807, 2.05) is 17.7 Å². The van der Waals surface area contributed by atoms with Gasteiger partial charge in [0.15, 0.2) is 11.6 Å². The van der Waals surface area contributed by atoms with Crippen molar-refractivity contribution in [3.63, 3.8) is 0 Å². The number of pyridine rings is 1. The van der Waals surface area contributed by atoms with E-state index >= 15 is 0 Å². The van der Waals surface area contributed by atoms with E-state index in [4.69, 9.17) is 20.3 Å². The largest absolute Gasteiger partial charge is 0.490 e. The zero-order valence-corrected chi connectivity index (χ0v) is 18.5. The molecule has 5 rings (SSSR count). The molecule has 1 aliphatic carbocycles. The molecule has 3 fully saturated rings. The van der Waals surface area contributed by atoms with E-state index in [1.165, 1.54) is 0 Å². The molecule has 32 heavy (non-hydrogen) atoms. The molecule has 0 radical (unpaired) electrons. The van der Waals surface area contributed by atoms with Crippen LogP contribution in [0.3, 0.4) is 0 Å². The molecule has 2 saturated heterocycles. The van der Waals surface area contributed by atoms with Crippen molar-refractivity contribution in [2.75, 3.05) is 38.6 Å². The maximum atomic E-state index is 14.1. The predicted molar refractivity (Wildman–Crippen MR) is 117 cm³/mol. The van der Waals surface area contributed by atoms with Gasteiger partial charge in [0, 0.05) is 36.2 Å². The Morgan fingerprint density at radius 2 is 1.97 bits per heavy atom. The van der Waals surface area contributed by atoms with Gasteiger partial charge in [0.25, 0.3) is 0 Å². The van der Waals surface area contributed by atoms with Gasteiger partial charge >= 0.3 is 0 Å². The fourth-order valence-electron chi connectivity index (χ4n) is 5.14. The second-order valence-electron chi connectivity index (χ2n) is 9.19. The molecule has 1 saturated carbocycles. The zero-order valence-electron chi connectivity index (χ0n) is 18.5. The Hall–Kier alpha value is -2.26. The van der Waals surface area contributed by atoms with Crippen LogP contribution >= 0.6 is 0 Å². The first kappa shape index (κ1) is 21.6. The van der Waals surface area contributed by atoms with E-state index in [-0.39, 0.29) is 18.9 Å². The zero-order chi connectivity index (χ0) is 22.3. The molecule has 0 amide bonds. The Morgan fingerprint density at radius 3 is 2.59 bits per heavy atom. The molecule has 2 aromatic heterocycles. The Labute approximate surface area is 186 Å². The van der Waals surface area contributed by atoms with Crippen molar-refractivity contribution in [2.45, 2.75) is 63.0 Å². The van der Waals surface area contributed by atoms with E-state index in [0.717, 1.165) is 56.1 Å². The van der Waals surface area contributed by atoms with Gasteiger partial charge in [0.05, 0.1) is 37.6 Å². The number of anilines is 1. The molecule has 0 bridgehead atoms. The molecule has 0 spiro atoms. The molecule has 174 valence electrons. The van der Waals surface area contributed by atoms with Gasteiger partial charge in [0.2, 0.25) is 5.92 Å². The summed E-state index contributed by atoms with van der Waals surface area (Å²) in [6, 6.07) is 4.15. The normalized spacial score (nSPS) is 24.5. The summed E-state index contributed by atoms with van der Waals surface area (Å²) < 4.78 is 40.9. The fraction of sp³-hybridized carbons (Fsp3) is 0.652. The van der Waals surface area contributed by atoms with Gasteiger partial charge in [-0.3, -0.25) is 9.58 Å². The first-order chi connectivity index (χ1) is 15.4. The molecular formula is C23H31F2N5O2. The molecule has 2 aromatic rings. The minimum Gasteiger partial charge on any atom is -0.490 e. The van der Waals surface area contributed by atoms with Gasteiger partial charge in [-0.25, -0.2) is 13.8 Å². The number of halogens is 2. The Kier molecular flexibility index (Phi) is 5.79. The summed E-state index contributed by atoms with van der Waals surface area (Å²) in [7, 11) is 0. The highest BCUT2D eigenvalue weighted by atomic mass is 19.3. The van der Waals surface area contributed by atoms with E-state index in [1.54, 1.807) is 6.20 Å². The van der Waals surface area contributed by atoms with Gasteiger partial charge < -0.3 is 15.2 Å². The molecule has 2 aliphatic heterocycles. The third-order valence-electron chi connectivity index (χ3n) is 7.05. The van der Waals surface area contributed by atoms with Crippen molar-refractivity contribution < 1.29 is 18.3 Å². The Morgan fingerprint density at radius 1 is 1.19 bits per heavy atom. The lowest BCUT2D eigenvalue weighted by Gasteiger charge is -2.41. The third kappa shape index (κ3) is 4.20. The second kappa shape index (κ2) is 8.59. The Balaban J connectivity index is 1.44. The highest BCUT2D eigenvalue weighted by molar-refractivity contribution is 5.64. The van der Waals surface area contributed by atoms with E-state index in [9.17, 15) is 8.78 Å². The van der Waals surface area contributed by atoms with Crippen LogP contribution in [0.5, 0.6) is 5.75 Å². The summed E-state index contributed by atoms with van der Waals surface area (Å²) in [4.78, 5) is 6.75. The predicted octanol–water partition coefficient (Wildman–Crippen LogP) is 3.86. The van der Waals surface area contributed by atoms with E-state index < -0.39 is 5.92 Å². The molecule has 0 aromatic carbocycles. The van der Waals surface area contributed by atoms with Crippen LogP contribution in [0.4, 0.5) is 14.6 Å². The van der Waals surface area contributed by atoms with Crippen molar-refractivity contribution >= 4 is 5.82 Å². The van der Waals surface area contributed by atoms with Crippen LogP contribution in [0.1, 0.15) is 56.7 Å². The molecule has 1 unspecified atom stereocenters. The minimum absolute atomic E-state index is 0.0790. The van der Waals surface area contributed by atoms with E-state index in [0.29, 0.717) is 36.6 Å². The monoisotopic (exact) mass is 447 g/mol. The quantitative estimate of drug-likeness (QED) is 0.725. The summed E-state index contributed by atoms with van der Waals surface area (Å²) in [6.07, 6.45) is 3.89. The average molecular weight is 448 g/mol. The SMILES string of the molecule is CCOc1cc(-c2cc(C3CCN(C4COC4)CC3)n(C3CCC(F)(F)C3)n2)cnc1N. The first-order valence-corrected chi connectivity index (χ1v) is 11.6. The van der Waals surface area contributed by atoms with Gasteiger partial charge in [-0.2, -0.15) is 5.10 Å². The van der Waals surface area contributed by atoms with Gasteiger partial charge in [-0.15, -0.1) is 0 Å². The summed E-state index contributed by atoms with van der Waals surface area (Å²) in [5.41, 5.74) is 8.51. The number of nitrogens with zero attached hydrogens (tertiary/aromatic N) is 4. The molecule has 1 atom stereocenters. The second-order valence-corrected chi connectivity index (χ2v) is 9.19. The van der Waals surface area contributed by atoms with Gasteiger partial charge in [0.1, 0.15) is 0 Å². The molecule has 9 heteroatoms. The maximum Gasteiger partial charge on any atom is 0.250 e. The highest BCUT2D eigenvalue weighted by Crippen LogP contribution is 2.44. The number of aromatic nitrogens is 3. The smallest absolute Gasteiger partial charge is 0.250 e. The maximum absolute atomic E-state index is 14.1. The lowest BCUT2D eigenvalue weighted by Crippen LogP contribution is -2.51. The third-order valence-corrected chi connectivity index (χ3v) is 7.05. The lowest BCUT2D eigenvalue weighted by atomic mass is 9.91. The van der Waals surface area contributed by atoms with Crippen molar-refractivity contribution in [3.05, 3.63) is 24.0 Å². The van der Waals surface area contributed by atoms with Crippen molar-refractivity contribution in [1.29, 1.82) is 0 Å². The topological polar surface area (TPSA) is 78.4 Å². The molecule has 2 N–H and O–H groups in total. The minimum atomic E-state index is -2.62. The van der Waals surface area contributed by atoms with Crippen LogP contribution < -0.4 is 10.5 Å². The summed E-state index contributed by atoms with van der Waals surface area (Å²) in [6.45, 7) is 6.00. The van der Waals surface area contributed by atoms with Crippen LogP contribution in [-0.2, 0) is 4.74 Å². The molecule has 3 aliphatic rings. The highest BCUT2D eigenvalue weighted by Gasteiger charge is 2.42. The van der Waals surface area contributed by atoms with Crippen molar-refractivity contribution in [3.8, 4) is 17.0 Å². The van der Waals surface area contributed by atoms with Crippen LogP contribution in [0.15, 0.2) is 18.3 Å². The Bertz CT molecular complexity index is 954. The number of alkyl halides is 2. The number of nitrogen functional groups attached to an aromatic ring is 1. The lowest BCUT2D eigenvalue weighted by molar-refractivity contribution is -0.0714. The summed E-state index contributed by atoms with van der Waals surface area (Å²) >= 11 is 0. The first-order valence-electron chi connectivity index (χ1n) is 11.6. The number of ether oxygens (including phenoxy) is 2. The standard InChI is InChI=1S/C23H31F2N5O2/c1-2-32-21-9-16(12-27-22(21)26)19-10-20(30(28-19)17-3-6-23(24,25)11-17)15-4-7-29(8-5-15)18-13-31-14-18/h9-10,12,15,17-18H,2-8,11,13-14H2,1H3,(H2,26,27). The number of likely N-dealkylation sites (tertiary alicyclic amines) is 1. The summed E-state index contributed by atoms with van der Waals surface area (Å²) in [5.74, 6) is -1.47.